The summed E-state index contributed by atoms with van der Waals surface area (Å²) in [6.07, 6.45) is 5.93. The molecule has 0 saturated carbocycles. The third-order valence-electron chi connectivity index (χ3n) is 5.84. The van der Waals surface area contributed by atoms with Crippen LogP contribution in [0.2, 0.25) is 0 Å². The summed E-state index contributed by atoms with van der Waals surface area (Å²) in [5.74, 6) is -3.71. The van der Waals surface area contributed by atoms with Crippen LogP contribution in [-0.2, 0) is 33.6 Å². The molecule has 0 aromatic heterocycles. The minimum Gasteiger partial charge on any atom is -0.394 e. The smallest absolute Gasteiger partial charge is 0.289 e. The van der Waals surface area contributed by atoms with Crippen molar-refractivity contribution in [3.8, 4) is 0 Å². The number of allylic oxidation sites excluding steroid dienone is 1. The van der Waals surface area contributed by atoms with Crippen molar-refractivity contribution < 1.29 is 33.6 Å². The van der Waals surface area contributed by atoms with Gasteiger partial charge in [0.05, 0.1) is 6.04 Å². The molecule has 1 heterocycles. The van der Waals surface area contributed by atoms with Crippen LogP contribution in [0.15, 0.2) is 11.8 Å². The number of ketones is 2. The maximum Gasteiger partial charge on any atom is 0.289 e. The van der Waals surface area contributed by atoms with Gasteiger partial charge in [0.2, 0.25) is 24.0 Å². The number of primary amides is 1. The third-order valence-corrected chi connectivity index (χ3v) is 5.84. The van der Waals surface area contributed by atoms with Crippen molar-refractivity contribution in [1.82, 2.24) is 21.3 Å². The van der Waals surface area contributed by atoms with E-state index in [2.05, 4.69) is 21.3 Å². The van der Waals surface area contributed by atoms with E-state index in [9.17, 15) is 33.6 Å². The minimum absolute atomic E-state index is 0.106. The fourth-order valence-electron chi connectivity index (χ4n) is 3.82. The van der Waals surface area contributed by atoms with Crippen molar-refractivity contribution in [1.29, 1.82) is 0 Å². The molecule has 0 radical (unpaired) electrons. The van der Waals surface area contributed by atoms with Crippen molar-refractivity contribution in [2.45, 2.75) is 98.6 Å². The van der Waals surface area contributed by atoms with E-state index >= 15 is 0 Å². The first-order valence-corrected chi connectivity index (χ1v) is 14.2. The Morgan fingerprint density at radius 3 is 2.10 bits per heavy atom. The van der Waals surface area contributed by atoms with Crippen LogP contribution in [-0.4, -0.2) is 66.8 Å². The van der Waals surface area contributed by atoms with Crippen LogP contribution in [0.4, 0.5) is 0 Å². The van der Waals surface area contributed by atoms with E-state index < -0.39 is 29.6 Å². The number of Topliss-reactive ketones (excluding diaryl/α,β-unsaturated/α-hetero) is 1. The Morgan fingerprint density at radius 1 is 1.05 bits per heavy atom. The van der Waals surface area contributed by atoms with Crippen molar-refractivity contribution in [2.75, 3.05) is 13.1 Å². The molecule has 0 aromatic rings. The van der Waals surface area contributed by atoms with Gasteiger partial charge in [0.25, 0.3) is 11.8 Å². The summed E-state index contributed by atoms with van der Waals surface area (Å²) in [4.78, 5) is 80.6. The quantitative estimate of drug-likeness (QED) is 0.0606. The minimum atomic E-state index is -1.04. The lowest BCUT2D eigenvalue weighted by Crippen LogP contribution is -2.51. The summed E-state index contributed by atoms with van der Waals surface area (Å²) in [6, 6.07) is -1.25. The second-order valence-corrected chi connectivity index (χ2v) is 9.69. The van der Waals surface area contributed by atoms with Crippen molar-refractivity contribution >= 4 is 41.6 Å². The fraction of sp³-hybridized carbons (Fsp3) is 0.679. The number of rotatable bonds is 17. The van der Waals surface area contributed by atoms with Gasteiger partial charge in [-0.1, -0.05) is 33.6 Å². The molecule has 0 bridgehead atoms. The number of carbonyl (C=O) groups is 7. The van der Waals surface area contributed by atoms with Crippen molar-refractivity contribution in [3.63, 3.8) is 0 Å². The number of carbonyl (C=O) groups excluding carboxylic acids is 7. The van der Waals surface area contributed by atoms with Gasteiger partial charge in [0, 0.05) is 37.0 Å². The SMILES string of the molecule is CC.CC(=O)/C=C(\N)C(N)=O.CCCCC(CCCNC=O)C(=O)NC(CC1CCNC1=O)C(=O)C(=O)NC(C)C. The van der Waals surface area contributed by atoms with Crippen LogP contribution in [0.1, 0.15) is 86.5 Å². The zero-order chi connectivity index (χ0) is 32.0. The molecule has 1 aliphatic heterocycles. The molecule has 3 unspecified atom stereocenters. The van der Waals surface area contributed by atoms with Crippen LogP contribution in [0.5, 0.6) is 0 Å². The summed E-state index contributed by atoms with van der Waals surface area (Å²) in [6.45, 7) is 11.8. The van der Waals surface area contributed by atoms with E-state index in [1.165, 1.54) is 6.92 Å². The summed E-state index contributed by atoms with van der Waals surface area (Å²) < 4.78 is 0. The highest BCUT2D eigenvalue weighted by Gasteiger charge is 2.35. The van der Waals surface area contributed by atoms with Gasteiger partial charge >= 0.3 is 0 Å². The highest BCUT2D eigenvalue weighted by molar-refractivity contribution is 6.38. The largest absolute Gasteiger partial charge is 0.394 e. The normalized spacial score (nSPS) is 15.5. The van der Waals surface area contributed by atoms with Gasteiger partial charge < -0.3 is 32.7 Å². The maximum atomic E-state index is 12.9. The van der Waals surface area contributed by atoms with Crippen LogP contribution in [0.25, 0.3) is 0 Å². The highest BCUT2D eigenvalue weighted by Crippen LogP contribution is 2.19. The Labute approximate surface area is 243 Å². The number of hydrogen-bond acceptors (Lipinski definition) is 8. The number of nitrogens with two attached hydrogens (primary N) is 2. The van der Waals surface area contributed by atoms with Crippen LogP contribution in [0.3, 0.4) is 0 Å². The summed E-state index contributed by atoms with van der Waals surface area (Å²) in [5.41, 5.74) is 9.48. The Balaban J connectivity index is 0. The van der Waals surface area contributed by atoms with Gasteiger partial charge in [-0.2, -0.15) is 0 Å². The molecule has 0 spiro atoms. The number of unbranched alkanes of at least 4 members (excludes halogenated alkanes) is 1. The molecule has 1 fully saturated rings. The van der Waals surface area contributed by atoms with E-state index in [4.69, 9.17) is 11.5 Å². The molecule has 0 aliphatic carbocycles. The van der Waals surface area contributed by atoms with Crippen LogP contribution in [0, 0.1) is 11.8 Å². The molecule has 13 nitrogen and oxygen atoms in total. The van der Waals surface area contributed by atoms with E-state index in [0.717, 1.165) is 18.9 Å². The predicted molar refractivity (Wildman–Crippen MR) is 156 cm³/mol. The van der Waals surface area contributed by atoms with E-state index in [1.807, 2.05) is 20.8 Å². The topological polar surface area (TPSA) is 220 Å². The molecule has 3 atom stereocenters. The number of hydrogen-bond donors (Lipinski definition) is 6. The Kier molecular flexibility index (Phi) is 22.1. The molecule has 41 heavy (non-hydrogen) atoms. The molecular weight excluding hydrogens is 532 g/mol. The van der Waals surface area contributed by atoms with Gasteiger partial charge in [0.15, 0.2) is 5.78 Å². The van der Waals surface area contributed by atoms with Crippen LogP contribution < -0.4 is 32.7 Å². The zero-order valence-corrected chi connectivity index (χ0v) is 25.3. The highest BCUT2D eigenvalue weighted by atomic mass is 16.2. The average Bonchev–Trinajstić information content (AvgIpc) is 3.32. The fourth-order valence-corrected chi connectivity index (χ4v) is 3.82. The first-order chi connectivity index (χ1) is 19.3. The second-order valence-electron chi connectivity index (χ2n) is 9.69. The molecule has 8 N–H and O–H groups in total. The van der Waals surface area contributed by atoms with Gasteiger partial charge in [-0.25, -0.2) is 0 Å². The molecule has 1 aliphatic rings. The number of amides is 5. The molecule has 1 rings (SSSR count). The molecule has 5 amide bonds. The van der Waals surface area contributed by atoms with Crippen molar-refractivity contribution in [3.05, 3.63) is 11.8 Å². The molecular formula is C28H50N6O7. The maximum absolute atomic E-state index is 12.9. The van der Waals surface area contributed by atoms with E-state index in [1.54, 1.807) is 13.8 Å². The van der Waals surface area contributed by atoms with Crippen molar-refractivity contribution in [2.24, 2.45) is 23.3 Å². The molecule has 234 valence electrons. The van der Waals surface area contributed by atoms with Gasteiger partial charge in [-0.3, -0.25) is 33.6 Å². The Bertz CT molecular complexity index is 904. The molecule has 1 saturated heterocycles. The lowest BCUT2D eigenvalue weighted by molar-refractivity contribution is -0.141. The first kappa shape index (κ1) is 39.4. The third kappa shape index (κ3) is 18.2. The standard InChI is InChI=1S/C21H36N4O5.C5H8N2O2.C2H6/c1-4-5-7-15(8-6-10-22-13-26)20(29)25-17(12-16-9-11-23-19(16)28)18(27)21(30)24-14(2)3;1-3(8)2-4(6)5(7)9;1-2/h13-17H,4-12H2,1-3H3,(H,22,26)(H,23,28)(H,24,30)(H,25,29);2H,6H2,1H3,(H2,7,9);1-2H3/b;4-2-;. The Morgan fingerprint density at radius 2 is 1.66 bits per heavy atom. The lowest BCUT2D eigenvalue weighted by Gasteiger charge is -2.23. The predicted octanol–water partition coefficient (Wildman–Crippen LogP) is 0.353. The lowest BCUT2D eigenvalue weighted by atomic mass is 9.92. The average molecular weight is 583 g/mol. The Hall–Kier alpha value is -3.77. The molecule has 0 aromatic carbocycles. The summed E-state index contributed by atoms with van der Waals surface area (Å²) in [7, 11) is 0. The van der Waals surface area contributed by atoms with Gasteiger partial charge in [-0.15, -0.1) is 0 Å². The number of nitrogens with one attached hydrogen (secondary N) is 4. The monoisotopic (exact) mass is 582 g/mol. The first-order valence-electron chi connectivity index (χ1n) is 14.2. The zero-order valence-electron chi connectivity index (χ0n) is 25.3. The summed E-state index contributed by atoms with van der Waals surface area (Å²) in [5, 5.41) is 10.6. The second kappa shape index (κ2) is 23.0. The molecule has 13 heteroatoms. The van der Waals surface area contributed by atoms with E-state index in [0.29, 0.717) is 45.2 Å². The summed E-state index contributed by atoms with van der Waals surface area (Å²) >= 11 is 0. The van der Waals surface area contributed by atoms with Gasteiger partial charge in [-0.05, 0) is 52.9 Å². The van der Waals surface area contributed by atoms with Gasteiger partial charge in [0.1, 0.15) is 5.70 Å². The van der Waals surface area contributed by atoms with Crippen LogP contribution >= 0.6 is 0 Å². The van der Waals surface area contributed by atoms with E-state index in [-0.39, 0.29) is 41.7 Å².